The zero-order valence-electron chi connectivity index (χ0n) is 15.7. The van der Waals surface area contributed by atoms with Gasteiger partial charge in [-0.05, 0) is 43.2 Å². The van der Waals surface area contributed by atoms with E-state index in [2.05, 4.69) is 9.97 Å². The third-order valence-corrected chi connectivity index (χ3v) is 5.67. The Morgan fingerprint density at radius 1 is 1.24 bits per heavy atom. The molecule has 0 fully saturated rings. The molecule has 154 valence electrons. The summed E-state index contributed by atoms with van der Waals surface area (Å²) in [7, 11) is 0. The van der Waals surface area contributed by atoms with Gasteiger partial charge in [-0.25, -0.2) is 4.39 Å². The Morgan fingerprint density at radius 3 is 2.76 bits per heavy atom. The number of nitrogens with zero attached hydrogens (tertiary/aromatic N) is 1. The van der Waals surface area contributed by atoms with Crippen molar-refractivity contribution in [2.24, 2.45) is 0 Å². The van der Waals surface area contributed by atoms with Crippen LogP contribution in [0.3, 0.4) is 0 Å². The van der Waals surface area contributed by atoms with Crippen LogP contribution in [-0.2, 0) is 11.8 Å². The normalized spacial score (nSPS) is 21.4. The summed E-state index contributed by atoms with van der Waals surface area (Å²) in [6.07, 6.45) is -2.83. The number of halogens is 4. The van der Waals surface area contributed by atoms with E-state index in [1.165, 1.54) is 24.4 Å². The van der Waals surface area contributed by atoms with Gasteiger partial charge in [-0.15, -0.1) is 0 Å². The molecule has 0 aliphatic carbocycles. The lowest BCUT2D eigenvalue weighted by Gasteiger charge is -2.42. The van der Waals surface area contributed by atoms with Crippen LogP contribution in [0.2, 0.25) is 0 Å². The fourth-order valence-electron chi connectivity index (χ4n) is 4.16. The second kappa shape index (κ2) is 6.73. The van der Waals surface area contributed by atoms with Crippen LogP contribution in [-0.4, -0.2) is 33.5 Å². The third kappa shape index (κ3) is 3.57. The summed E-state index contributed by atoms with van der Waals surface area (Å²) < 4.78 is 61.4. The third-order valence-electron chi connectivity index (χ3n) is 5.67. The van der Waals surface area contributed by atoms with E-state index in [0.29, 0.717) is 22.2 Å². The monoisotopic (exact) mass is 408 g/mol. The van der Waals surface area contributed by atoms with Gasteiger partial charge in [-0.3, -0.25) is 4.98 Å². The predicted molar refractivity (Wildman–Crippen MR) is 99.3 cm³/mol. The average Bonchev–Trinajstić information content (AvgIpc) is 3.03. The molecule has 0 bridgehead atoms. The topological polar surface area (TPSA) is 58.1 Å². The second-order valence-corrected chi connectivity index (χ2v) is 7.94. The SMILES string of the molecule is CC1(CC(O)(Cc2cc3cnccc3[nH]2)C(F)(F)F)CCOc2ccc(F)cc21. The molecule has 0 amide bonds. The summed E-state index contributed by atoms with van der Waals surface area (Å²) in [6, 6.07) is 7.03. The maximum absolute atomic E-state index is 14.0. The second-order valence-electron chi connectivity index (χ2n) is 7.94. The maximum Gasteiger partial charge on any atom is 0.417 e. The first kappa shape index (κ1) is 19.7. The van der Waals surface area contributed by atoms with Crippen molar-refractivity contribution in [1.82, 2.24) is 9.97 Å². The highest BCUT2D eigenvalue weighted by molar-refractivity contribution is 5.79. The van der Waals surface area contributed by atoms with E-state index in [9.17, 15) is 22.7 Å². The minimum atomic E-state index is -4.88. The number of rotatable bonds is 4. The van der Waals surface area contributed by atoms with Crippen LogP contribution in [0.4, 0.5) is 17.6 Å². The number of aromatic amines is 1. The van der Waals surface area contributed by atoms with Crippen LogP contribution >= 0.6 is 0 Å². The number of pyridine rings is 1. The van der Waals surface area contributed by atoms with Gasteiger partial charge in [0.1, 0.15) is 11.6 Å². The van der Waals surface area contributed by atoms with Crippen LogP contribution in [0.25, 0.3) is 10.9 Å². The van der Waals surface area contributed by atoms with E-state index in [-0.39, 0.29) is 18.7 Å². The predicted octanol–water partition coefficient (Wildman–Crippen LogP) is 4.67. The van der Waals surface area contributed by atoms with Gasteiger partial charge in [0.05, 0.1) is 6.61 Å². The first-order chi connectivity index (χ1) is 13.6. The van der Waals surface area contributed by atoms with Crippen molar-refractivity contribution >= 4 is 10.9 Å². The first-order valence-electron chi connectivity index (χ1n) is 9.23. The van der Waals surface area contributed by atoms with E-state index in [4.69, 9.17) is 4.74 Å². The zero-order chi connectivity index (χ0) is 20.9. The van der Waals surface area contributed by atoms with E-state index in [1.54, 1.807) is 25.3 Å². The smallest absolute Gasteiger partial charge is 0.417 e. The molecule has 0 spiro atoms. The van der Waals surface area contributed by atoms with Gasteiger partial charge >= 0.3 is 6.18 Å². The van der Waals surface area contributed by atoms with Gasteiger partial charge < -0.3 is 14.8 Å². The highest BCUT2D eigenvalue weighted by Gasteiger charge is 2.57. The lowest BCUT2D eigenvalue weighted by atomic mass is 9.69. The van der Waals surface area contributed by atoms with Gasteiger partial charge in [0.2, 0.25) is 0 Å². The molecule has 8 heteroatoms. The standard InChI is InChI=1S/C21H20F4N2O2/c1-19(5-7-29-18-3-2-14(22)9-16(18)19)12-20(28,21(23,24)25)10-15-8-13-11-26-6-4-17(13)27-15/h2-4,6,8-9,11,27-28H,5,7,10,12H2,1H3. The number of aliphatic hydroxyl groups is 1. The fraction of sp³-hybridized carbons (Fsp3) is 0.381. The molecule has 1 aromatic carbocycles. The van der Waals surface area contributed by atoms with Crippen molar-refractivity contribution < 1.29 is 27.4 Å². The Hall–Kier alpha value is -2.61. The molecule has 0 saturated heterocycles. The number of nitrogens with one attached hydrogen (secondary N) is 1. The molecule has 1 aliphatic heterocycles. The minimum absolute atomic E-state index is 0.196. The summed E-state index contributed by atoms with van der Waals surface area (Å²) >= 11 is 0. The van der Waals surface area contributed by atoms with Crippen LogP contribution < -0.4 is 4.74 Å². The van der Waals surface area contributed by atoms with Gasteiger partial charge in [-0.2, -0.15) is 13.2 Å². The molecule has 4 rings (SSSR count). The van der Waals surface area contributed by atoms with Crippen molar-refractivity contribution in [1.29, 1.82) is 0 Å². The number of alkyl halides is 3. The molecule has 3 heterocycles. The molecule has 3 aromatic rings. The Bertz CT molecular complexity index is 1020. The van der Waals surface area contributed by atoms with Crippen LogP contribution in [0.1, 0.15) is 31.0 Å². The molecule has 2 aromatic heterocycles. The number of hydrogen-bond donors (Lipinski definition) is 2. The summed E-state index contributed by atoms with van der Waals surface area (Å²) in [5, 5.41) is 11.5. The molecule has 2 atom stereocenters. The minimum Gasteiger partial charge on any atom is -0.493 e. The van der Waals surface area contributed by atoms with Gasteiger partial charge in [0, 0.05) is 46.4 Å². The Morgan fingerprint density at radius 2 is 2.03 bits per heavy atom. The molecule has 2 unspecified atom stereocenters. The maximum atomic E-state index is 14.0. The van der Waals surface area contributed by atoms with E-state index < -0.39 is 35.9 Å². The molecule has 4 nitrogen and oxygen atoms in total. The number of hydrogen-bond acceptors (Lipinski definition) is 3. The highest BCUT2D eigenvalue weighted by Crippen LogP contribution is 2.48. The Kier molecular flexibility index (Phi) is 4.57. The highest BCUT2D eigenvalue weighted by atomic mass is 19.4. The van der Waals surface area contributed by atoms with Crippen LogP contribution in [0.5, 0.6) is 5.75 Å². The molecule has 0 radical (unpaired) electrons. The number of fused-ring (bicyclic) bond motifs is 2. The van der Waals surface area contributed by atoms with Gasteiger partial charge in [0.25, 0.3) is 0 Å². The summed E-state index contributed by atoms with van der Waals surface area (Å²) in [5.74, 6) is -0.208. The average molecular weight is 408 g/mol. The summed E-state index contributed by atoms with van der Waals surface area (Å²) in [5.41, 5.74) is -2.87. The zero-order valence-corrected chi connectivity index (χ0v) is 15.7. The van der Waals surface area contributed by atoms with Gasteiger partial charge in [0.15, 0.2) is 5.60 Å². The van der Waals surface area contributed by atoms with Gasteiger partial charge in [-0.1, -0.05) is 6.92 Å². The molecular weight excluding hydrogens is 388 g/mol. The lowest BCUT2D eigenvalue weighted by Crippen LogP contribution is -2.52. The van der Waals surface area contributed by atoms with Crippen molar-refractivity contribution in [2.75, 3.05) is 6.61 Å². The van der Waals surface area contributed by atoms with Crippen molar-refractivity contribution in [2.45, 2.75) is 43.4 Å². The van der Waals surface area contributed by atoms with E-state index in [0.717, 1.165) is 0 Å². The van der Waals surface area contributed by atoms with Crippen LogP contribution in [0, 0.1) is 5.82 Å². The number of aromatic nitrogens is 2. The summed E-state index contributed by atoms with van der Waals surface area (Å²) in [6.45, 7) is 1.81. The lowest BCUT2D eigenvalue weighted by molar-refractivity contribution is -0.267. The Balaban J connectivity index is 1.72. The Labute approximate surface area is 164 Å². The number of benzene rings is 1. The van der Waals surface area contributed by atoms with Crippen LogP contribution in [0.15, 0.2) is 42.7 Å². The summed E-state index contributed by atoms with van der Waals surface area (Å²) in [4.78, 5) is 6.87. The number of H-pyrrole nitrogens is 1. The number of ether oxygens (including phenoxy) is 1. The van der Waals surface area contributed by atoms with Crippen molar-refractivity contribution in [3.05, 3.63) is 59.8 Å². The molecule has 0 saturated carbocycles. The largest absolute Gasteiger partial charge is 0.493 e. The first-order valence-corrected chi connectivity index (χ1v) is 9.23. The van der Waals surface area contributed by atoms with Crippen molar-refractivity contribution in [3.8, 4) is 5.75 Å². The van der Waals surface area contributed by atoms with Crippen molar-refractivity contribution in [3.63, 3.8) is 0 Å². The molecule has 2 N–H and O–H groups in total. The molecular formula is C21H20F4N2O2. The quantitative estimate of drug-likeness (QED) is 0.617. The molecule has 1 aliphatic rings. The van der Waals surface area contributed by atoms with E-state index in [1.807, 2.05) is 0 Å². The molecule has 29 heavy (non-hydrogen) atoms. The fourth-order valence-corrected chi connectivity index (χ4v) is 4.16. The van der Waals surface area contributed by atoms with E-state index >= 15 is 0 Å².